The molecule has 5 nitrogen and oxygen atoms in total. The zero-order valence-electron chi connectivity index (χ0n) is 10.6. The first-order chi connectivity index (χ1) is 8.20. The normalized spacial score (nSPS) is 11.1. The van der Waals surface area contributed by atoms with Crippen molar-refractivity contribution in [3.05, 3.63) is 30.6 Å². The summed E-state index contributed by atoms with van der Waals surface area (Å²) in [6.07, 6.45) is 7.69. The van der Waals surface area contributed by atoms with Crippen molar-refractivity contribution < 1.29 is 0 Å². The molecule has 0 aliphatic carbocycles. The lowest BCUT2D eigenvalue weighted by atomic mass is 10.4. The largest absolute Gasteiger partial charge is 0.375 e. The van der Waals surface area contributed by atoms with Crippen molar-refractivity contribution in [2.45, 2.75) is 39.9 Å². The Hall–Kier alpha value is -1.78. The standard InChI is InChI=1S/C12H19N5/c1-4-16-6-5-13-12(16)8-14-11-7-15-17(9-11)10(2)3/h5-7,9-10,14H,4,8H2,1-3H3. The number of anilines is 1. The van der Waals surface area contributed by atoms with Crippen LogP contribution in [0.5, 0.6) is 0 Å². The van der Waals surface area contributed by atoms with Crippen LogP contribution in [-0.4, -0.2) is 19.3 Å². The van der Waals surface area contributed by atoms with Crippen LogP contribution in [-0.2, 0) is 13.1 Å². The number of aromatic nitrogens is 4. The van der Waals surface area contributed by atoms with E-state index in [1.807, 2.05) is 29.5 Å². The van der Waals surface area contributed by atoms with Gasteiger partial charge in [0.1, 0.15) is 5.82 Å². The van der Waals surface area contributed by atoms with Crippen molar-refractivity contribution in [1.82, 2.24) is 19.3 Å². The summed E-state index contributed by atoms with van der Waals surface area (Å²) < 4.78 is 4.06. The Labute approximate surface area is 101 Å². The van der Waals surface area contributed by atoms with Gasteiger partial charge in [-0.15, -0.1) is 0 Å². The zero-order valence-corrected chi connectivity index (χ0v) is 10.6. The molecule has 0 aliphatic rings. The number of nitrogens with zero attached hydrogens (tertiary/aromatic N) is 4. The van der Waals surface area contributed by atoms with Crippen LogP contribution in [0, 0.1) is 0 Å². The maximum Gasteiger partial charge on any atom is 0.128 e. The lowest BCUT2D eigenvalue weighted by Gasteiger charge is -2.06. The van der Waals surface area contributed by atoms with Crippen molar-refractivity contribution >= 4 is 5.69 Å². The van der Waals surface area contributed by atoms with Crippen molar-refractivity contribution in [1.29, 1.82) is 0 Å². The van der Waals surface area contributed by atoms with E-state index in [1.54, 1.807) is 0 Å². The number of nitrogens with one attached hydrogen (secondary N) is 1. The van der Waals surface area contributed by atoms with E-state index in [9.17, 15) is 0 Å². The molecular weight excluding hydrogens is 214 g/mol. The fourth-order valence-electron chi connectivity index (χ4n) is 1.69. The van der Waals surface area contributed by atoms with Crippen LogP contribution in [0.2, 0.25) is 0 Å². The summed E-state index contributed by atoms with van der Waals surface area (Å²) >= 11 is 0. The fourth-order valence-corrected chi connectivity index (χ4v) is 1.69. The highest BCUT2D eigenvalue weighted by atomic mass is 15.3. The predicted octanol–water partition coefficient (Wildman–Crippen LogP) is 2.29. The Balaban J connectivity index is 1.97. The first-order valence-electron chi connectivity index (χ1n) is 5.98. The maximum absolute atomic E-state index is 4.32. The molecule has 2 heterocycles. The van der Waals surface area contributed by atoms with E-state index >= 15 is 0 Å². The SMILES string of the molecule is CCn1ccnc1CNc1cnn(C(C)C)c1. The van der Waals surface area contributed by atoms with Gasteiger partial charge >= 0.3 is 0 Å². The third-order valence-corrected chi connectivity index (χ3v) is 2.72. The molecule has 0 aliphatic heterocycles. The van der Waals surface area contributed by atoms with Crippen LogP contribution >= 0.6 is 0 Å². The molecule has 0 amide bonds. The van der Waals surface area contributed by atoms with Crippen LogP contribution in [0.15, 0.2) is 24.8 Å². The average Bonchev–Trinajstić information content (AvgIpc) is 2.95. The van der Waals surface area contributed by atoms with Gasteiger partial charge in [-0.05, 0) is 20.8 Å². The van der Waals surface area contributed by atoms with Gasteiger partial charge in [-0.25, -0.2) is 4.98 Å². The molecule has 0 atom stereocenters. The molecule has 2 aromatic heterocycles. The van der Waals surface area contributed by atoms with Gasteiger partial charge in [0.05, 0.1) is 18.4 Å². The smallest absolute Gasteiger partial charge is 0.128 e. The van der Waals surface area contributed by atoms with E-state index in [2.05, 4.69) is 40.7 Å². The lowest BCUT2D eigenvalue weighted by molar-refractivity contribution is 0.532. The molecule has 0 fully saturated rings. The Morgan fingerprint density at radius 3 is 2.88 bits per heavy atom. The van der Waals surface area contributed by atoms with E-state index in [4.69, 9.17) is 0 Å². The summed E-state index contributed by atoms with van der Waals surface area (Å²) in [7, 11) is 0. The number of hydrogen-bond acceptors (Lipinski definition) is 3. The summed E-state index contributed by atoms with van der Waals surface area (Å²) in [6, 6.07) is 0.392. The highest BCUT2D eigenvalue weighted by Gasteiger charge is 2.03. The van der Waals surface area contributed by atoms with Crippen molar-refractivity contribution in [2.75, 3.05) is 5.32 Å². The van der Waals surface area contributed by atoms with Crippen molar-refractivity contribution in [3.63, 3.8) is 0 Å². The van der Waals surface area contributed by atoms with E-state index in [1.165, 1.54) is 0 Å². The first-order valence-corrected chi connectivity index (χ1v) is 5.98. The second kappa shape index (κ2) is 5.03. The molecule has 0 spiro atoms. The Bertz CT molecular complexity index is 469. The van der Waals surface area contributed by atoms with Gasteiger partial charge in [-0.2, -0.15) is 5.10 Å². The topological polar surface area (TPSA) is 47.7 Å². The summed E-state index contributed by atoms with van der Waals surface area (Å²) in [5.41, 5.74) is 1.03. The molecule has 0 radical (unpaired) electrons. The number of rotatable bonds is 5. The van der Waals surface area contributed by atoms with E-state index < -0.39 is 0 Å². The molecule has 92 valence electrons. The molecule has 0 bridgehead atoms. The number of imidazole rings is 1. The molecule has 2 rings (SSSR count). The minimum absolute atomic E-state index is 0.392. The molecule has 2 aromatic rings. The molecule has 0 saturated carbocycles. The maximum atomic E-state index is 4.32. The van der Waals surface area contributed by atoms with Gasteiger partial charge in [0.2, 0.25) is 0 Å². The molecule has 0 unspecified atom stereocenters. The monoisotopic (exact) mass is 233 g/mol. The Kier molecular flexibility index (Phi) is 3.46. The van der Waals surface area contributed by atoms with Crippen LogP contribution in [0.4, 0.5) is 5.69 Å². The lowest BCUT2D eigenvalue weighted by Crippen LogP contribution is -2.07. The van der Waals surface area contributed by atoms with Gasteiger partial charge in [0, 0.05) is 31.2 Å². The average molecular weight is 233 g/mol. The van der Waals surface area contributed by atoms with Gasteiger partial charge in [0.15, 0.2) is 0 Å². The van der Waals surface area contributed by atoms with E-state index in [0.717, 1.165) is 24.6 Å². The number of aryl methyl sites for hydroxylation is 1. The van der Waals surface area contributed by atoms with E-state index in [-0.39, 0.29) is 0 Å². The van der Waals surface area contributed by atoms with Crippen LogP contribution in [0.25, 0.3) is 0 Å². The Morgan fingerprint density at radius 2 is 2.24 bits per heavy atom. The summed E-state index contributed by atoms with van der Waals surface area (Å²) in [6.45, 7) is 8.01. The quantitative estimate of drug-likeness (QED) is 0.862. The molecule has 1 N–H and O–H groups in total. The van der Waals surface area contributed by atoms with Crippen LogP contribution in [0.3, 0.4) is 0 Å². The molecular formula is C12H19N5. The summed E-state index contributed by atoms with van der Waals surface area (Å²) in [5, 5.41) is 7.62. The molecule has 17 heavy (non-hydrogen) atoms. The van der Waals surface area contributed by atoms with Crippen molar-refractivity contribution in [3.8, 4) is 0 Å². The van der Waals surface area contributed by atoms with Gasteiger partial charge in [0.25, 0.3) is 0 Å². The molecule has 5 heteroatoms. The minimum atomic E-state index is 0.392. The van der Waals surface area contributed by atoms with Crippen LogP contribution in [0.1, 0.15) is 32.6 Å². The molecule has 0 aromatic carbocycles. The van der Waals surface area contributed by atoms with Gasteiger partial charge < -0.3 is 9.88 Å². The van der Waals surface area contributed by atoms with Gasteiger partial charge in [-0.1, -0.05) is 0 Å². The highest BCUT2D eigenvalue weighted by molar-refractivity contribution is 5.38. The second-order valence-corrected chi connectivity index (χ2v) is 4.29. The molecule has 0 saturated heterocycles. The van der Waals surface area contributed by atoms with Crippen LogP contribution < -0.4 is 5.32 Å². The predicted molar refractivity (Wildman–Crippen MR) is 67.8 cm³/mol. The minimum Gasteiger partial charge on any atom is -0.375 e. The first kappa shape index (κ1) is 11.7. The van der Waals surface area contributed by atoms with Gasteiger partial charge in [-0.3, -0.25) is 4.68 Å². The second-order valence-electron chi connectivity index (χ2n) is 4.29. The summed E-state index contributed by atoms with van der Waals surface area (Å²) in [4.78, 5) is 4.32. The zero-order chi connectivity index (χ0) is 12.3. The Morgan fingerprint density at radius 1 is 1.41 bits per heavy atom. The van der Waals surface area contributed by atoms with Crippen molar-refractivity contribution in [2.24, 2.45) is 0 Å². The third-order valence-electron chi connectivity index (χ3n) is 2.72. The number of hydrogen-bond donors (Lipinski definition) is 1. The fraction of sp³-hybridized carbons (Fsp3) is 0.500. The summed E-state index contributed by atoms with van der Waals surface area (Å²) in [5.74, 6) is 1.05. The van der Waals surface area contributed by atoms with E-state index in [0.29, 0.717) is 6.04 Å². The third kappa shape index (κ3) is 2.67. The highest BCUT2D eigenvalue weighted by Crippen LogP contribution is 2.11.